The van der Waals surface area contributed by atoms with Gasteiger partial charge in [-0.2, -0.15) is 0 Å². The van der Waals surface area contributed by atoms with E-state index < -0.39 is 0 Å². The Hall–Kier alpha value is -1.98. The Bertz CT molecular complexity index is 429. The first-order valence-corrected chi connectivity index (χ1v) is 6.80. The van der Waals surface area contributed by atoms with Gasteiger partial charge in [-0.3, -0.25) is 0 Å². The molecule has 1 aromatic heterocycles. The van der Waals surface area contributed by atoms with Crippen LogP contribution in [0.25, 0.3) is 0 Å². The normalized spacial score (nSPS) is 12.2. The Morgan fingerprint density at radius 3 is 2.80 bits per heavy atom. The maximum atomic E-state index is 8.70. The molecule has 0 fully saturated rings. The van der Waals surface area contributed by atoms with Crippen LogP contribution in [0.2, 0.25) is 0 Å². The van der Waals surface area contributed by atoms with Gasteiger partial charge in [0.25, 0.3) is 0 Å². The molecule has 4 N–H and O–H groups in total. The van der Waals surface area contributed by atoms with Crippen molar-refractivity contribution in [3.05, 3.63) is 18.3 Å². The van der Waals surface area contributed by atoms with Gasteiger partial charge in [-0.1, -0.05) is 19.0 Å². The fourth-order valence-corrected chi connectivity index (χ4v) is 1.74. The van der Waals surface area contributed by atoms with E-state index in [9.17, 15) is 0 Å². The van der Waals surface area contributed by atoms with Crippen molar-refractivity contribution in [2.75, 3.05) is 18.5 Å². The first kappa shape index (κ1) is 16.1. The van der Waals surface area contributed by atoms with Crippen LogP contribution in [-0.4, -0.2) is 29.2 Å². The molecule has 0 aromatic carbocycles. The minimum absolute atomic E-state index is 0.264. The summed E-state index contributed by atoms with van der Waals surface area (Å²) < 4.78 is 5.28. The molecule has 0 saturated carbocycles. The van der Waals surface area contributed by atoms with Crippen LogP contribution in [0.4, 0.5) is 5.69 Å². The first-order valence-electron chi connectivity index (χ1n) is 6.80. The third kappa shape index (κ3) is 4.95. The number of ether oxygens (including phenoxy) is 1. The third-order valence-electron chi connectivity index (χ3n) is 3.14. The van der Waals surface area contributed by atoms with Crippen LogP contribution < -0.4 is 15.8 Å². The molecule has 112 valence electrons. The van der Waals surface area contributed by atoms with Gasteiger partial charge in [-0.05, 0) is 25.8 Å². The van der Waals surface area contributed by atoms with E-state index in [2.05, 4.69) is 15.5 Å². The predicted octanol–water partition coefficient (Wildman–Crippen LogP) is 2.45. The number of pyridine rings is 1. The number of nitrogens with one attached hydrogen (secondary N) is 1. The molecule has 0 amide bonds. The Labute approximate surface area is 120 Å². The van der Waals surface area contributed by atoms with Crippen LogP contribution in [0.15, 0.2) is 23.5 Å². The highest BCUT2D eigenvalue weighted by Gasteiger charge is 2.22. The average Bonchev–Trinajstić information content (AvgIpc) is 2.44. The molecule has 0 saturated heterocycles. The van der Waals surface area contributed by atoms with E-state index in [0.717, 1.165) is 25.1 Å². The van der Waals surface area contributed by atoms with E-state index in [1.54, 1.807) is 6.20 Å². The molecule has 6 nitrogen and oxygen atoms in total. The summed E-state index contributed by atoms with van der Waals surface area (Å²) in [5.74, 6) is 0.895. The number of nitrogens with two attached hydrogens (primary N) is 1. The summed E-state index contributed by atoms with van der Waals surface area (Å²) in [4.78, 5) is 4.18. The van der Waals surface area contributed by atoms with E-state index in [4.69, 9.17) is 15.7 Å². The lowest BCUT2D eigenvalue weighted by atomic mass is 9.86. The Kier molecular flexibility index (Phi) is 6.09. The molecule has 20 heavy (non-hydrogen) atoms. The smallest absolute Gasteiger partial charge is 0.213 e. The van der Waals surface area contributed by atoms with Crippen molar-refractivity contribution in [3.63, 3.8) is 0 Å². The Morgan fingerprint density at radius 2 is 2.25 bits per heavy atom. The lowest BCUT2D eigenvalue weighted by Gasteiger charge is -2.22. The molecule has 1 aromatic rings. The van der Waals surface area contributed by atoms with Crippen LogP contribution >= 0.6 is 0 Å². The monoisotopic (exact) mass is 280 g/mol. The van der Waals surface area contributed by atoms with Gasteiger partial charge in [0.2, 0.25) is 5.88 Å². The summed E-state index contributed by atoms with van der Waals surface area (Å²) in [7, 11) is 0. The SMILES string of the molecule is CCOc1ccc(NCCCC(C)(C)/C(N)=N/O)cn1. The van der Waals surface area contributed by atoms with Gasteiger partial charge >= 0.3 is 0 Å². The Morgan fingerprint density at radius 1 is 1.50 bits per heavy atom. The summed E-state index contributed by atoms with van der Waals surface area (Å²) in [6, 6.07) is 3.78. The number of amidine groups is 1. The van der Waals surface area contributed by atoms with Gasteiger partial charge in [0.05, 0.1) is 18.5 Å². The number of oxime groups is 1. The summed E-state index contributed by atoms with van der Waals surface area (Å²) in [6.07, 6.45) is 3.50. The van der Waals surface area contributed by atoms with E-state index in [0.29, 0.717) is 12.5 Å². The topological polar surface area (TPSA) is 92.8 Å². The molecule has 0 aliphatic heterocycles. The fourth-order valence-electron chi connectivity index (χ4n) is 1.74. The molecule has 1 rings (SSSR count). The van der Waals surface area contributed by atoms with Crippen molar-refractivity contribution in [2.24, 2.45) is 16.3 Å². The van der Waals surface area contributed by atoms with E-state index >= 15 is 0 Å². The second-order valence-electron chi connectivity index (χ2n) is 5.22. The van der Waals surface area contributed by atoms with Crippen molar-refractivity contribution in [1.82, 2.24) is 4.98 Å². The second kappa shape index (κ2) is 7.57. The predicted molar refractivity (Wildman–Crippen MR) is 80.3 cm³/mol. The standard InChI is InChI=1S/C14H24N4O2/c1-4-20-12-7-6-11(10-17-12)16-9-5-8-14(2,3)13(15)18-19/h6-7,10,16,19H,4-5,8-9H2,1-3H3,(H2,15,18). The van der Waals surface area contributed by atoms with E-state index in [1.807, 2.05) is 32.9 Å². The van der Waals surface area contributed by atoms with E-state index in [-0.39, 0.29) is 11.3 Å². The van der Waals surface area contributed by atoms with Crippen molar-refractivity contribution in [2.45, 2.75) is 33.6 Å². The lowest BCUT2D eigenvalue weighted by molar-refractivity contribution is 0.305. The van der Waals surface area contributed by atoms with Crippen molar-refractivity contribution in [3.8, 4) is 5.88 Å². The van der Waals surface area contributed by atoms with Gasteiger partial charge < -0.3 is 21.0 Å². The molecular weight excluding hydrogens is 256 g/mol. The summed E-state index contributed by atoms with van der Waals surface area (Å²) >= 11 is 0. The highest BCUT2D eigenvalue weighted by atomic mass is 16.5. The fraction of sp³-hybridized carbons (Fsp3) is 0.571. The second-order valence-corrected chi connectivity index (χ2v) is 5.22. The van der Waals surface area contributed by atoms with Gasteiger partial charge in [0.15, 0.2) is 0 Å². The quantitative estimate of drug-likeness (QED) is 0.224. The lowest BCUT2D eigenvalue weighted by Crippen LogP contribution is -2.32. The van der Waals surface area contributed by atoms with Gasteiger partial charge in [-0.15, -0.1) is 0 Å². The molecule has 0 unspecified atom stereocenters. The number of rotatable bonds is 8. The highest BCUT2D eigenvalue weighted by molar-refractivity contribution is 5.85. The van der Waals surface area contributed by atoms with Gasteiger partial charge in [0.1, 0.15) is 5.84 Å². The van der Waals surface area contributed by atoms with Gasteiger partial charge in [0, 0.05) is 18.0 Å². The molecule has 0 radical (unpaired) electrons. The maximum absolute atomic E-state index is 8.70. The number of hydrogen-bond donors (Lipinski definition) is 3. The molecule has 0 bridgehead atoms. The zero-order chi connectivity index (χ0) is 15.0. The minimum Gasteiger partial charge on any atom is -0.478 e. The molecule has 0 aliphatic rings. The summed E-state index contributed by atoms with van der Waals surface area (Å²) in [6.45, 7) is 7.26. The van der Waals surface area contributed by atoms with E-state index in [1.165, 1.54) is 0 Å². The van der Waals surface area contributed by atoms with Crippen molar-refractivity contribution < 1.29 is 9.94 Å². The van der Waals surface area contributed by atoms with Crippen LogP contribution in [0.3, 0.4) is 0 Å². The molecule has 0 spiro atoms. The molecule has 0 atom stereocenters. The van der Waals surface area contributed by atoms with Crippen LogP contribution in [0.1, 0.15) is 33.6 Å². The van der Waals surface area contributed by atoms with Crippen LogP contribution in [0.5, 0.6) is 5.88 Å². The van der Waals surface area contributed by atoms with Gasteiger partial charge in [-0.25, -0.2) is 4.98 Å². The largest absolute Gasteiger partial charge is 0.478 e. The average molecular weight is 280 g/mol. The number of anilines is 1. The first-order chi connectivity index (χ1) is 9.49. The van der Waals surface area contributed by atoms with Crippen molar-refractivity contribution >= 4 is 11.5 Å². The summed E-state index contributed by atoms with van der Waals surface area (Å²) in [5.41, 5.74) is 6.30. The van der Waals surface area contributed by atoms with Crippen molar-refractivity contribution in [1.29, 1.82) is 0 Å². The molecule has 0 aliphatic carbocycles. The number of nitrogens with zero attached hydrogens (tertiary/aromatic N) is 2. The molecule has 6 heteroatoms. The number of aromatic nitrogens is 1. The minimum atomic E-state index is -0.298. The molecular formula is C14H24N4O2. The maximum Gasteiger partial charge on any atom is 0.213 e. The zero-order valence-corrected chi connectivity index (χ0v) is 12.4. The summed E-state index contributed by atoms with van der Waals surface area (Å²) in [5, 5.41) is 15.1. The highest BCUT2D eigenvalue weighted by Crippen LogP contribution is 2.22. The van der Waals surface area contributed by atoms with Crippen LogP contribution in [0, 0.1) is 5.41 Å². The zero-order valence-electron chi connectivity index (χ0n) is 12.4. The Balaban J connectivity index is 2.34. The van der Waals surface area contributed by atoms with Crippen LogP contribution in [-0.2, 0) is 0 Å². The number of hydrogen-bond acceptors (Lipinski definition) is 5. The molecule has 1 heterocycles. The third-order valence-corrected chi connectivity index (χ3v) is 3.14.